The zero-order valence-electron chi connectivity index (χ0n) is 24.6. The van der Waals surface area contributed by atoms with E-state index in [0.717, 1.165) is 37.7 Å². The second kappa shape index (κ2) is 10.2. The number of aromatic nitrogens is 2. The fourth-order valence-corrected chi connectivity index (χ4v) is 7.90. The average molecular weight is 583 g/mol. The van der Waals surface area contributed by atoms with Gasteiger partial charge in [-0.05, 0) is 93.7 Å². The van der Waals surface area contributed by atoms with Crippen molar-refractivity contribution in [3.8, 4) is 6.07 Å². The van der Waals surface area contributed by atoms with Crippen molar-refractivity contribution in [2.24, 2.45) is 11.8 Å². The number of ether oxygens (including phenoxy) is 1. The molecule has 0 bridgehead atoms. The number of amides is 3. The van der Waals surface area contributed by atoms with Gasteiger partial charge in [0, 0.05) is 42.8 Å². The van der Waals surface area contributed by atoms with Crippen LogP contribution >= 0.6 is 0 Å². The van der Waals surface area contributed by atoms with Crippen molar-refractivity contribution in [2.45, 2.75) is 94.3 Å². The van der Waals surface area contributed by atoms with Gasteiger partial charge in [-0.3, -0.25) is 19.3 Å². The summed E-state index contributed by atoms with van der Waals surface area (Å²) in [6, 6.07) is 8.92. The molecule has 0 radical (unpaired) electrons. The number of anilines is 1. The quantitative estimate of drug-likeness (QED) is 0.529. The minimum Gasteiger partial charge on any atom is -0.381 e. The van der Waals surface area contributed by atoms with E-state index in [9.17, 15) is 19.6 Å². The first-order valence-electron chi connectivity index (χ1n) is 16.1. The zero-order chi connectivity index (χ0) is 29.4. The van der Waals surface area contributed by atoms with E-state index in [4.69, 9.17) is 9.84 Å². The molecule has 6 aliphatic rings. The van der Waals surface area contributed by atoms with Crippen molar-refractivity contribution < 1.29 is 19.1 Å². The Bertz CT molecular complexity index is 1510. The fourth-order valence-electron chi connectivity index (χ4n) is 7.90. The summed E-state index contributed by atoms with van der Waals surface area (Å²) in [7, 11) is 0. The monoisotopic (exact) mass is 582 g/mol. The molecule has 3 aliphatic heterocycles. The second-order valence-electron chi connectivity index (χ2n) is 13.3. The van der Waals surface area contributed by atoms with Crippen LogP contribution in [0.1, 0.15) is 108 Å². The lowest BCUT2D eigenvalue weighted by atomic mass is 9.82. The average Bonchev–Trinajstić information content (AvgIpc) is 3.95. The first-order valence-corrected chi connectivity index (χ1v) is 16.1. The van der Waals surface area contributed by atoms with Gasteiger partial charge in [-0.2, -0.15) is 10.4 Å². The van der Waals surface area contributed by atoms with Gasteiger partial charge in [0.05, 0.1) is 12.1 Å². The smallest absolute Gasteiger partial charge is 0.276 e. The third-order valence-corrected chi connectivity index (χ3v) is 10.6. The van der Waals surface area contributed by atoms with Gasteiger partial charge in [0.2, 0.25) is 0 Å². The number of benzene rings is 1. The van der Waals surface area contributed by atoms with Crippen LogP contribution in [0.4, 0.5) is 5.82 Å². The lowest BCUT2D eigenvalue weighted by molar-refractivity contribution is -0.121. The molecule has 5 atom stereocenters. The van der Waals surface area contributed by atoms with E-state index in [1.54, 1.807) is 9.80 Å². The SMILES string of the molecule is CCN1C(=O)[C@@H](NC(=O)c2ccc(C3CC3)cc2)[C@@H](C2CC2)c2c(C(=O)N3[C@H](C#N)C[C@H]4C[C@H]43)nn(C3CCOCC3)c21. The van der Waals surface area contributed by atoms with Crippen LogP contribution in [0.3, 0.4) is 0 Å². The van der Waals surface area contributed by atoms with Gasteiger partial charge in [0.25, 0.3) is 17.7 Å². The highest BCUT2D eigenvalue weighted by Gasteiger charge is 2.57. The Morgan fingerprint density at radius 2 is 1.79 bits per heavy atom. The number of piperidine rings is 1. The molecule has 1 aromatic carbocycles. The summed E-state index contributed by atoms with van der Waals surface area (Å²) >= 11 is 0. The Morgan fingerprint density at radius 1 is 1.05 bits per heavy atom. The Morgan fingerprint density at radius 3 is 2.44 bits per heavy atom. The third kappa shape index (κ3) is 4.46. The maximum absolute atomic E-state index is 14.4. The number of likely N-dealkylation sites (tertiary alicyclic amines) is 1. The highest BCUT2D eigenvalue weighted by Crippen LogP contribution is 2.53. The maximum Gasteiger partial charge on any atom is 0.276 e. The first-order chi connectivity index (χ1) is 21.0. The summed E-state index contributed by atoms with van der Waals surface area (Å²) < 4.78 is 7.55. The lowest BCUT2D eigenvalue weighted by Crippen LogP contribution is -2.56. The van der Waals surface area contributed by atoms with E-state index < -0.39 is 12.1 Å². The molecule has 3 saturated carbocycles. The molecular formula is C33H38N6O4. The Hall–Kier alpha value is -3.71. The van der Waals surface area contributed by atoms with Crippen LogP contribution in [0.25, 0.3) is 0 Å². The lowest BCUT2D eigenvalue weighted by Gasteiger charge is -2.39. The largest absolute Gasteiger partial charge is 0.381 e. The van der Waals surface area contributed by atoms with Crippen LogP contribution in [0.15, 0.2) is 24.3 Å². The minimum atomic E-state index is -0.798. The van der Waals surface area contributed by atoms with Crippen LogP contribution in [0.5, 0.6) is 0 Å². The molecule has 10 nitrogen and oxygen atoms in total. The van der Waals surface area contributed by atoms with Gasteiger partial charge in [-0.1, -0.05) is 12.1 Å². The summed E-state index contributed by atoms with van der Waals surface area (Å²) in [4.78, 5) is 45.8. The van der Waals surface area contributed by atoms with Crippen molar-refractivity contribution in [2.75, 3.05) is 24.7 Å². The Kier molecular flexibility index (Phi) is 6.37. The number of carbonyl (C=O) groups excluding carboxylic acids is 3. The second-order valence-corrected chi connectivity index (χ2v) is 13.3. The molecule has 1 aromatic heterocycles. The van der Waals surface area contributed by atoms with E-state index in [0.29, 0.717) is 55.1 Å². The van der Waals surface area contributed by atoms with Crippen LogP contribution in [0, 0.1) is 23.2 Å². The Balaban J connectivity index is 1.21. The van der Waals surface area contributed by atoms with Gasteiger partial charge in [0.1, 0.15) is 17.9 Å². The van der Waals surface area contributed by atoms with Gasteiger partial charge in [0.15, 0.2) is 5.69 Å². The molecule has 2 saturated heterocycles. The number of carbonyl (C=O) groups is 3. The number of fused-ring (bicyclic) bond motifs is 2. The van der Waals surface area contributed by atoms with Crippen molar-refractivity contribution in [1.82, 2.24) is 20.0 Å². The summed E-state index contributed by atoms with van der Waals surface area (Å²) in [5, 5.41) is 18.1. The van der Waals surface area contributed by atoms with Gasteiger partial charge >= 0.3 is 0 Å². The highest BCUT2D eigenvalue weighted by molar-refractivity contribution is 6.07. The standard InChI is InChI=1S/C33H38N6O4/c1-2-37-31-27(26(20-7-8-20)28(32(37)41)35-30(40)21-9-5-19(6-10-21)18-3-4-18)29(36-39(31)23-11-13-43-14-12-23)33(42)38-24(17-34)15-22-16-25(22)38/h5-6,9-10,18,20,22-26,28H,2-4,7-8,11-16H2,1H3,(H,35,40)/t22-,24-,25+,26-,28-/m0/s1. The number of hydrogen-bond acceptors (Lipinski definition) is 6. The van der Waals surface area contributed by atoms with Crippen molar-refractivity contribution in [1.29, 1.82) is 5.26 Å². The summed E-state index contributed by atoms with van der Waals surface area (Å²) in [5.74, 6) is 0.842. The molecule has 43 heavy (non-hydrogen) atoms. The molecule has 0 unspecified atom stereocenters. The normalized spacial score (nSPS) is 30.0. The molecular weight excluding hydrogens is 544 g/mol. The van der Waals surface area contributed by atoms with Crippen molar-refractivity contribution in [3.05, 3.63) is 46.6 Å². The zero-order valence-corrected chi connectivity index (χ0v) is 24.6. The molecule has 1 N–H and O–H groups in total. The third-order valence-electron chi connectivity index (χ3n) is 10.6. The molecule has 0 spiro atoms. The van der Waals surface area contributed by atoms with E-state index in [1.807, 2.05) is 35.9 Å². The molecule has 8 rings (SSSR count). The van der Waals surface area contributed by atoms with E-state index in [1.165, 1.54) is 18.4 Å². The molecule has 3 aliphatic carbocycles. The van der Waals surface area contributed by atoms with E-state index in [-0.39, 0.29) is 41.6 Å². The van der Waals surface area contributed by atoms with Gasteiger partial charge in [-0.25, -0.2) is 4.68 Å². The molecule has 2 aromatic rings. The van der Waals surface area contributed by atoms with E-state index >= 15 is 0 Å². The van der Waals surface area contributed by atoms with Gasteiger partial charge < -0.3 is 15.0 Å². The van der Waals surface area contributed by atoms with E-state index in [2.05, 4.69) is 11.4 Å². The number of nitrogens with one attached hydrogen (secondary N) is 1. The molecule has 3 amide bonds. The first kappa shape index (κ1) is 26.9. The predicted octanol–water partition coefficient (Wildman–Crippen LogP) is 3.90. The fraction of sp³-hybridized carbons (Fsp3) is 0.606. The van der Waals surface area contributed by atoms with Crippen LogP contribution in [-0.2, 0) is 9.53 Å². The minimum absolute atomic E-state index is 0.000825. The maximum atomic E-state index is 14.4. The summed E-state index contributed by atoms with van der Waals surface area (Å²) in [5.41, 5.74) is 2.91. The number of nitrogens with zero attached hydrogens (tertiary/aromatic N) is 5. The van der Waals surface area contributed by atoms with Gasteiger partial charge in [-0.15, -0.1) is 0 Å². The number of likely N-dealkylation sites (N-methyl/N-ethyl adjacent to an activating group) is 1. The predicted molar refractivity (Wildman–Crippen MR) is 157 cm³/mol. The van der Waals surface area contributed by atoms with Crippen molar-refractivity contribution in [3.63, 3.8) is 0 Å². The molecule has 224 valence electrons. The van der Waals surface area contributed by atoms with Crippen LogP contribution in [-0.4, -0.2) is 70.3 Å². The van der Waals surface area contributed by atoms with Crippen LogP contribution < -0.4 is 10.2 Å². The molecule has 5 fully saturated rings. The van der Waals surface area contributed by atoms with Crippen LogP contribution in [0.2, 0.25) is 0 Å². The summed E-state index contributed by atoms with van der Waals surface area (Å²) in [6.07, 6.45) is 7.36. The molecule has 10 heteroatoms. The van der Waals surface area contributed by atoms with Crippen molar-refractivity contribution >= 4 is 23.5 Å². The number of rotatable bonds is 7. The Labute approximate surface area is 251 Å². The molecule has 4 heterocycles. The topological polar surface area (TPSA) is 121 Å². The summed E-state index contributed by atoms with van der Waals surface area (Å²) in [6.45, 7) is 3.51. The number of hydrogen-bond donors (Lipinski definition) is 1. The number of nitriles is 1. The highest BCUT2D eigenvalue weighted by atomic mass is 16.5.